The topological polar surface area (TPSA) is 75.5 Å². The number of piperidine rings is 1. The van der Waals surface area contributed by atoms with Crippen molar-refractivity contribution in [2.24, 2.45) is 5.92 Å². The second-order valence-corrected chi connectivity index (χ2v) is 6.35. The van der Waals surface area contributed by atoms with Gasteiger partial charge in [0.05, 0.1) is 4.92 Å². The molecule has 1 N–H and O–H groups in total. The molecule has 6 nitrogen and oxygen atoms in total. The Morgan fingerprint density at radius 2 is 1.88 bits per heavy atom. The number of benzene rings is 2. The first-order valence-electron chi connectivity index (χ1n) is 8.55. The van der Waals surface area contributed by atoms with Gasteiger partial charge in [-0.2, -0.15) is 0 Å². The molecule has 1 amide bonds. The van der Waals surface area contributed by atoms with Crippen LogP contribution in [0.1, 0.15) is 18.4 Å². The third-order valence-electron chi connectivity index (χ3n) is 4.65. The highest BCUT2D eigenvalue weighted by atomic mass is 19.1. The number of nitro groups is 1. The number of hydrogen-bond donors (Lipinski definition) is 1. The summed E-state index contributed by atoms with van der Waals surface area (Å²) >= 11 is 0. The summed E-state index contributed by atoms with van der Waals surface area (Å²) in [5, 5.41) is 14.1. The van der Waals surface area contributed by atoms with E-state index < -0.39 is 10.7 Å². The first-order valence-corrected chi connectivity index (χ1v) is 8.55. The quantitative estimate of drug-likeness (QED) is 0.658. The number of rotatable bonds is 5. The molecular weight excluding hydrogens is 337 g/mol. The molecular formula is C19H20FN3O3. The van der Waals surface area contributed by atoms with E-state index in [1.807, 2.05) is 30.3 Å². The van der Waals surface area contributed by atoms with Gasteiger partial charge in [-0.25, -0.2) is 4.39 Å². The maximum atomic E-state index is 13.5. The molecule has 0 saturated carbocycles. The van der Waals surface area contributed by atoms with Gasteiger partial charge in [0.15, 0.2) is 0 Å². The molecule has 1 saturated heterocycles. The lowest BCUT2D eigenvalue weighted by atomic mass is 9.95. The van der Waals surface area contributed by atoms with Gasteiger partial charge in [0.1, 0.15) is 11.5 Å². The van der Waals surface area contributed by atoms with Crippen LogP contribution in [0, 0.1) is 21.8 Å². The number of nitro benzene ring substituents is 1. The number of amides is 1. The summed E-state index contributed by atoms with van der Waals surface area (Å²) in [4.78, 5) is 24.8. The highest BCUT2D eigenvalue weighted by Crippen LogP contribution is 2.32. The number of hydrogen-bond acceptors (Lipinski definition) is 4. The summed E-state index contributed by atoms with van der Waals surface area (Å²) < 4.78 is 13.5. The van der Waals surface area contributed by atoms with Gasteiger partial charge in [0, 0.05) is 37.7 Å². The van der Waals surface area contributed by atoms with Crippen molar-refractivity contribution < 1.29 is 14.1 Å². The molecule has 26 heavy (non-hydrogen) atoms. The van der Waals surface area contributed by atoms with Crippen molar-refractivity contribution in [3.05, 3.63) is 70.0 Å². The Balaban J connectivity index is 1.58. The summed E-state index contributed by atoms with van der Waals surface area (Å²) in [5.41, 5.74) is 1.20. The van der Waals surface area contributed by atoms with Gasteiger partial charge in [-0.15, -0.1) is 0 Å². The van der Waals surface area contributed by atoms with Crippen LogP contribution in [0.5, 0.6) is 0 Å². The van der Waals surface area contributed by atoms with Crippen molar-refractivity contribution in [1.29, 1.82) is 0 Å². The van der Waals surface area contributed by atoms with Crippen molar-refractivity contribution in [2.75, 3.05) is 18.0 Å². The largest absolute Gasteiger partial charge is 0.366 e. The van der Waals surface area contributed by atoms with E-state index in [9.17, 15) is 19.3 Å². The predicted octanol–water partition coefficient (Wildman–Crippen LogP) is 3.27. The molecule has 0 aromatic heterocycles. The Morgan fingerprint density at radius 1 is 1.19 bits per heavy atom. The Morgan fingerprint density at radius 3 is 2.54 bits per heavy atom. The molecule has 0 aliphatic carbocycles. The second-order valence-electron chi connectivity index (χ2n) is 6.35. The van der Waals surface area contributed by atoms with Crippen LogP contribution in [-0.2, 0) is 11.3 Å². The maximum Gasteiger partial charge on any atom is 0.292 e. The van der Waals surface area contributed by atoms with Crippen LogP contribution in [0.3, 0.4) is 0 Å². The van der Waals surface area contributed by atoms with E-state index in [2.05, 4.69) is 5.32 Å². The fourth-order valence-corrected chi connectivity index (χ4v) is 3.22. The Bertz CT molecular complexity index is 790. The van der Waals surface area contributed by atoms with Gasteiger partial charge in [-0.05, 0) is 24.5 Å². The van der Waals surface area contributed by atoms with Crippen LogP contribution >= 0.6 is 0 Å². The van der Waals surface area contributed by atoms with Crippen molar-refractivity contribution in [3.8, 4) is 0 Å². The van der Waals surface area contributed by atoms with E-state index in [0.29, 0.717) is 32.5 Å². The SMILES string of the molecule is O=C(NCc1ccccc1)C1CCN(c2cc(F)ccc2[N+](=O)[O-])CC1. The van der Waals surface area contributed by atoms with E-state index in [1.54, 1.807) is 4.90 Å². The van der Waals surface area contributed by atoms with Crippen molar-refractivity contribution in [2.45, 2.75) is 19.4 Å². The zero-order valence-electron chi connectivity index (χ0n) is 14.2. The molecule has 0 radical (unpaired) electrons. The van der Waals surface area contributed by atoms with Crippen molar-refractivity contribution in [3.63, 3.8) is 0 Å². The summed E-state index contributed by atoms with van der Waals surface area (Å²) in [6.07, 6.45) is 1.16. The molecule has 1 aliphatic heterocycles. The Labute approximate surface area is 150 Å². The van der Waals surface area contributed by atoms with Gasteiger partial charge >= 0.3 is 0 Å². The molecule has 0 bridgehead atoms. The van der Waals surface area contributed by atoms with E-state index in [4.69, 9.17) is 0 Å². The van der Waals surface area contributed by atoms with Crippen LogP contribution in [0.15, 0.2) is 48.5 Å². The number of halogens is 1. The van der Waals surface area contributed by atoms with Gasteiger partial charge in [0.25, 0.3) is 5.69 Å². The highest BCUT2D eigenvalue weighted by molar-refractivity contribution is 5.79. The van der Waals surface area contributed by atoms with E-state index in [-0.39, 0.29) is 23.2 Å². The van der Waals surface area contributed by atoms with Crippen LogP contribution in [0.25, 0.3) is 0 Å². The molecule has 136 valence electrons. The van der Waals surface area contributed by atoms with Crippen LogP contribution in [0.2, 0.25) is 0 Å². The van der Waals surface area contributed by atoms with Crippen LogP contribution in [-0.4, -0.2) is 23.9 Å². The summed E-state index contributed by atoms with van der Waals surface area (Å²) in [6, 6.07) is 13.1. The van der Waals surface area contributed by atoms with Crippen LogP contribution in [0.4, 0.5) is 15.8 Å². The lowest BCUT2D eigenvalue weighted by molar-refractivity contribution is -0.384. The first kappa shape index (κ1) is 17.8. The number of carbonyl (C=O) groups is 1. The summed E-state index contributed by atoms with van der Waals surface area (Å²) in [6.45, 7) is 1.44. The molecule has 7 heteroatoms. The average molecular weight is 357 g/mol. The van der Waals surface area contributed by atoms with E-state index in [1.165, 1.54) is 12.1 Å². The Hall–Kier alpha value is -2.96. The second kappa shape index (κ2) is 7.95. The van der Waals surface area contributed by atoms with Gasteiger partial charge in [-0.3, -0.25) is 14.9 Å². The van der Waals surface area contributed by atoms with Gasteiger partial charge in [0.2, 0.25) is 5.91 Å². The minimum atomic E-state index is -0.507. The standard InChI is InChI=1S/C19H20FN3O3/c20-16-6-7-17(23(25)26)18(12-16)22-10-8-15(9-11-22)19(24)21-13-14-4-2-1-3-5-14/h1-7,12,15H,8-11,13H2,(H,21,24). The molecule has 0 unspecified atom stereocenters. The van der Waals surface area contributed by atoms with E-state index >= 15 is 0 Å². The molecule has 2 aromatic rings. The third kappa shape index (κ3) is 4.17. The lowest BCUT2D eigenvalue weighted by Crippen LogP contribution is -2.40. The molecule has 0 spiro atoms. The molecule has 1 aliphatic rings. The number of anilines is 1. The minimum Gasteiger partial charge on any atom is -0.366 e. The fraction of sp³-hybridized carbons (Fsp3) is 0.316. The third-order valence-corrected chi connectivity index (χ3v) is 4.65. The maximum absolute atomic E-state index is 13.5. The zero-order valence-corrected chi connectivity index (χ0v) is 14.2. The lowest BCUT2D eigenvalue weighted by Gasteiger charge is -2.32. The molecule has 3 rings (SSSR count). The summed E-state index contributed by atoms with van der Waals surface area (Å²) in [5.74, 6) is -0.654. The summed E-state index contributed by atoms with van der Waals surface area (Å²) in [7, 11) is 0. The zero-order chi connectivity index (χ0) is 18.5. The normalized spacial score (nSPS) is 14.9. The number of nitrogens with zero attached hydrogens (tertiary/aromatic N) is 2. The average Bonchev–Trinajstić information content (AvgIpc) is 2.66. The number of nitrogens with one attached hydrogen (secondary N) is 1. The molecule has 1 fully saturated rings. The first-order chi connectivity index (χ1) is 12.5. The van der Waals surface area contributed by atoms with Crippen molar-refractivity contribution in [1.82, 2.24) is 5.32 Å². The highest BCUT2D eigenvalue weighted by Gasteiger charge is 2.28. The molecule has 2 aromatic carbocycles. The van der Waals surface area contributed by atoms with Gasteiger partial charge < -0.3 is 10.2 Å². The molecule has 1 heterocycles. The predicted molar refractivity (Wildman–Crippen MR) is 96.3 cm³/mol. The van der Waals surface area contributed by atoms with E-state index in [0.717, 1.165) is 11.6 Å². The smallest absolute Gasteiger partial charge is 0.292 e. The molecule has 0 atom stereocenters. The van der Waals surface area contributed by atoms with Crippen molar-refractivity contribution >= 4 is 17.3 Å². The van der Waals surface area contributed by atoms with Crippen LogP contribution < -0.4 is 10.2 Å². The Kier molecular flexibility index (Phi) is 5.46. The minimum absolute atomic E-state index is 0.0118. The number of carbonyl (C=O) groups excluding carboxylic acids is 1. The monoisotopic (exact) mass is 357 g/mol. The van der Waals surface area contributed by atoms with Gasteiger partial charge in [-0.1, -0.05) is 30.3 Å². The fourth-order valence-electron chi connectivity index (χ4n) is 3.22.